The van der Waals surface area contributed by atoms with Gasteiger partial charge in [0.15, 0.2) is 0 Å². The first kappa shape index (κ1) is 20.2. The summed E-state index contributed by atoms with van der Waals surface area (Å²) < 4.78 is 1.83. The molecule has 0 amide bonds. The highest BCUT2D eigenvalue weighted by molar-refractivity contribution is 5.52. The fourth-order valence-corrected chi connectivity index (χ4v) is 3.56. The summed E-state index contributed by atoms with van der Waals surface area (Å²) in [6.07, 6.45) is 24.3. The van der Waals surface area contributed by atoms with Crippen LogP contribution >= 0.6 is 0 Å². The highest BCUT2D eigenvalue weighted by Crippen LogP contribution is 2.38. The van der Waals surface area contributed by atoms with E-state index in [0.717, 1.165) is 0 Å². The van der Waals surface area contributed by atoms with Crippen LogP contribution in [0.2, 0.25) is 0 Å². The zero-order chi connectivity index (χ0) is 21.7. The Balaban J connectivity index is 1.86. The van der Waals surface area contributed by atoms with Crippen molar-refractivity contribution in [2.45, 2.75) is 12.3 Å². The second-order valence-electron chi connectivity index (χ2n) is 7.00. The summed E-state index contributed by atoms with van der Waals surface area (Å²) in [4.78, 5) is 17.0. The van der Waals surface area contributed by atoms with E-state index in [1.165, 1.54) is 12.1 Å². The molecule has 154 valence electrons. The van der Waals surface area contributed by atoms with E-state index in [1.54, 1.807) is 29.3 Å². The lowest BCUT2D eigenvalue weighted by atomic mass is 10.0. The number of nitro groups is 1. The van der Waals surface area contributed by atoms with E-state index in [-0.39, 0.29) is 12.2 Å². The van der Waals surface area contributed by atoms with Crippen molar-refractivity contribution in [1.29, 1.82) is 0 Å². The van der Waals surface area contributed by atoms with Crippen LogP contribution in [0, 0.1) is 10.1 Å². The average molecular weight is 413 g/mol. The molecule has 2 aliphatic rings. The van der Waals surface area contributed by atoms with Gasteiger partial charge in [-0.2, -0.15) is 4.90 Å². The van der Waals surface area contributed by atoms with Crippen molar-refractivity contribution in [1.82, 2.24) is 4.98 Å². The van der Waals surface area contributed by atoms with Crippen LogP contribution in [0.3, 0.4) is 0 Å². The number of anilines is 1. The molecule has 0 saturated carbocycles. The van der Waals surface area contributed by atoms with E-state index in [9.17, 15) is 15.2 Å². The largest absolute Gasteiger partial charge is 0.401 e. The summed E-state index contributed by atoms with van der Waals surface area (Å²) in [6.45, 7) is 0.171. The minimum absolute atomic E-state index is 0.0808. The van der Waals surface area contributed by atoms with Crippen LogP contribution in [0.4, 0.5) is 11.6 Å². The summed E-state index contributed by atoms with van der Waals surface area (Å²) in [7, 11) is 0. The van der Waals surface area contributed by atoms with E-state index in [0.29, 0.717) is 17.2 Å². The molecular weight excluding hydrogens is 392 g/mol. The number of aliphatic hydroxyl groups is 1. The number of aromatic nitrogens is 2. The van der Waals surface area contributed by atoms with Gasteiger partial charge in [0.1, 0.15) is 18.4 Å². The summed E-state index contributed by atoms with van der Waals surface area (Å²) >= 11 is 0. The molecule has 1 aliphatic carbocycles. The number of rotatable bonds is 3. The zero-order valence-electron chi connectivity index (χ0n) is 16.7. The van der Waals surface area contributed by atoms with Crippen molar-refractivity contribution in [3.05, 3.63) is 131 Å². The van der Waals surface area contributed by atoms with Crippen LogP contribution in [0.1, 0.15) is 5.56 Å². The molecule has 2 aromatic rings. The monoisotopic (exact) mass is 413 g/mol. The van der Waals surface area contributed by atoms with Gasteiger partial charge in [0, 0.05) is 23.8 Å². The molecule has 0 saturated heterocycles. The molecule has 1 N–H and O–H groups in total. The molecule has 1 aromatic heterocycles. The third-order valence-electron chi connectivity index (χ3n) is 4.96. The van der Waals surface area contributed by atoms with Gasteiger partial charge >= 0.3 is 5.95 Å². The van der Waals surface area contributed by atoms with Gasteiger partial charge in [-0.15, -0.1) is 0 Å². The van der Waals surface area contributed by atoms with E-state index >= 15 is 0 Å². The quantitative estimate of drug-likeness (QED) is 0.472. The Kier molecular flexibility index (Phi) is 5.68. The maximum absolute atomic E-state index is 11.9. The zero-order valence-corrected chi connectivity index (χ0v) is 16.7. The van der Waals surface area contributed by atoms with Crippen molar-refractivity contribution in [2.24, 2.45) is 0 Å². The molecule has 2 heterocycles. The van der Waals surface area contributed by atoms with E-state index < -0.39 is 10.6 Å². The van der Waals surface area contributed by atoms with Gasteiger partial charge in [0.05, 0.1) is 11.1 Å². The number of benzene rings is 1. The minimum Gasteiger partial charge on any atom is -0.352 e. The third-order valence-corrected chi connectivity index (χ3v) is 4.96. The molecule has 1 atom stereocenters. The Hall–Kier alpha value is -4.10. The van der Waals surface area contributed by atoms with Gasteiger partial charge in [0.2, 0.25) is 5.72 Å². The first-order valence-electron chi connectivity index (χ1n) is 9.77. The first-order chi connectivity index (χ1) is 15.1. The Bertz CT molecular complexity index is 1180. The lowest BCUT2D eigenvalue weighted by molar-refractivity contribution is -0.685. The number of hydrogen-bond acceptors (Lipinski definition) is 5. The van der Waals surface area contributed by atoms with Crippen LogP contribution in [-0.2, 0) is 12.3 Å². The van der Waals surface area contributed by atoms with E-state index in [4.69, 9.17) is 0 Å². The number of non-ortho nitro benzene ring substituents is 1. The van der Waals surface area contributed by atoms with Crippen LogP contribution in [-0.4, -0.2) is 15.0 Å². The van der Waals surface area contributed by atoms with Gasteiger partial charge in [-0.25, -0.2) is 4.57 Å². The van der Waals surface area contributed by atoms with Crippen LogP contribution < -0.4 is 9.47 Å². The highest BCUT2D eigenvalue weighted by atomic mass is 16.6. The van der Waals surface area contributed by atoms with Crippen molar-refractivity contribution in [2.75, 3.05) is 4.90 Å². The Morgan fingerprint density at radius 3 is 2.48 bits per heavy atom. The minimum atomic E-state index is -1.56. The molecule has 7 nitrogen and oxygen atoms in total. The first-order valence-corrected chi connectivity index (χ1v) is 9.77. The molecule has 4 rings (SSSR count). The molecule has 1 aromatic carbocycles. The fourth-order valence-electron chi connectivity index (χ4n) is 3.56. The number of nitro benzene ring substituents is 1. The molecular formula is C24H21N4O3+. The fraction of sp³-hybridized carbons (Fsp3) is 0.0833. The predicted octanol–water partition coefficient (Wildman–Crippen LogP) is 3.62. The standard InChI is InChI=1S/C24H21N4O3/c29-24(20-12-10-15-22(18-20)28(30)31)19-26-17-11-16-25-23(26)27(24)21-13-8-6-4-2-1-3-5-7-9-14-21/h1-18,29H,19H2/q+1. The third kappa shape index (κ3) is 4.12. The van der Waals surface area contributed by atoms with Gasteiger partial charge in [-0.05, 0) is 12.2 Å². The van der Waals surface area contributed by atoms with Gasteiger partial charge in [-0.1, -0.05) is 71.8 Å². The van der Waals surface area contributed by atoms with E-state index in [1.807, 2.05) is 77.6 Å². The molecule has 7 heteroatoms. The summed E-state index contributed by atoms with van der Waals surface area (Å²) in [5.41, 5.74) is -0.552. The van der Waals surface area contributed by atoms with Gasteiger partial charge in [-0.3, -0.25) is 10.1 Å². The van der Waals surface area contributed by atoms with Crippen LogP contribution in [0.5, 0.6) is 0 Å². The average Bonchev–Trinajstić information content (AvgIpc) is 3.07. The van der Waals surface area contributed by atoms with Gasteiger partial charge < -0.3 is 5.11 Å². The topological polar surface area (TPSA) is 83.4 Å². The second kappa shape index (κ2) is 8.73. The Morgan fingerprint density at radius 2 is 1.74 bits per heavy atom. The number of hydrogen-bond donors (Lipinski definition) is 1. The highest BCUT2D eigenvalue weighted by Gasteiger charge is 2.53. The molecule has 0 spiro atoms. The molecule has 0 bridgehead atoms. The molecule has 0 fully saturated rings. The number of nitrogens with zero attached hydrogens (tertiary/aromatic N) is 4. The lowest BCUT2D eigenvalue weighted by Gasteiger charge is -2.28. The maximum atomic E-state index is 11.9. The van der Waals surface area contributed by atoms with Crippen LogP contribution in [0.15, 0.2) is 115 Å². The van der Waals surface area contributed by atoms with Crippen molar-refractivity contribution in [3.8, 4) is 0 Å². The summed E-state index contributed by atoms with van der Waals surface area (Å²) in [6, 6.07) is 7.87. The Morgan fingerprint density at radius 1 is 1.03 bits per heavy atom. The number of allylic oxidation sites excluding steroid dienone is 11. The summed E-state index contributed by atoms with van der Waals surface area (Å²) in [5.74, 6) is 0.535. The smallest absolute Gasteiger partial charge is 0.352 e. The normalized spacial score (nSPS) is 20.2. The molecule has 31 heavy (non-hydrogen) atoms. The second-order valence-corrected chi connectivity index (χ2v) is 7.00. The predicted molar refractivity (Wildman–Crippen MR) is 118 cm³/mol. The van der Waals surface area contributed by atoms with Crippen LogP contribution in [0.25, 0.3) is 0 Å². The molecule has 1 aliphatic heterocycles. The maximum Gasteiger partial charge on any atom is 0.401 e. The summed E-state index contributed by atoms with van der Waals surface area (Å²) in [5, 5.41) is 23.2. The number of fused-ring (bicyclic) bond motifs is 1. The van der Waals surface area contributed by atoms with Gasteiger partial charge in [0.25, 0.3) is 5.69 Å². The SMILES string of the molecule is O=[N+]([O-])c1cccc(C2(O)C[n+]3cccnc3N2C2=CC=CC=CC=CC=CC=C2)c1. The Labute approximate surface area is 179 Å². The van der Waals surface area contributed by atoms with Crippen molar-refractivity contribution in [3.63, 3.8) is 0 Å². The van der Waals surface area contributed by atoms with Crippen molar-refractivity contribution < 1.29 is 14.6 Å². The van der Waals surface area contributed by atoms with E-state index in [2.05, 4.69) is 4.98 Å². The lowest BCUT2D eigenvalue weighted by Crippen LogP contribution is -2.45. The van der Waals surface area contributed by atoms with Crippen molar-refractivity contribution >= 4 is 11.6 Å². The molecule has 1 unspecified atom stereocenters. The molecule has 0 radical (unpaired) electrons.